The molecule has 20 heavy (non-hydrogen) atoms. The number of carbonyl (C=O) groups excluding carboxylic acids is 1. The number of rotatable bonds is 8. The Morgan fingerprint density at radius 2 is 1.60 bits per heavy atom. The maximum Gasteiger partial charge on any atom is 0.317 e. The smallest absolute Gasteiger partial charge is 0.317 e. The molecule has 0 atom stereocenters. The Morgan fingerprint density at radius 3 is 2.10 bits per heavy atom. The summed E-state index contributed by atoms with van der Waals surface area (Å²) < 4.78 is 0. The van der Waals surface area contributed by atoms with Crippen LogP contribution in [0.5, 0.6) is 0 Å². The number of aliphatic carboxylic acids is 1. The molecule has 116 valence electrons. The highest BCUT2D eigenvalue weighted by Crippen LogP contribution is 2.05. The van der Waals surface area contributed by atoms with Gasteiger partial charge in [0.2, 0.25) is 5.91 Å². The normalized spacial score (nSPS) is 17.1. The van der Waals surface area contributed by atoms with Crippen molar-refractivity contribution in [2.45, 2.75) is 26.7 Å². The second kappa shape index (κ2) is 8.92. The van der Waals surface area contributed by atoms with Crippen LogP contribution >= 0.6 is 0 Å². The van der Waals surface area contributed by atoms with Crippen molar-refractivity contribution in [3.8, 4) is 0 Å². The molecule has 0 unspecified atom stereocenters. The van der Waals surface area contributed by atoms with Gasteiger partial charge in [0.15, 0.2) is 0 Å². The molecule has 1 saturated heterocycles. The molecule has 0 saturated carbocycles. The van der Waals surface area contributed by atoms with Gasteiger partial charge in [-0.05, 0) is 26.8 Å². The highest BCUT2D eigenvalue weighted by atomic mass is 16.4. The van der Waals surface area contributed by atoms with Gasteiger partial charge in [0.25, 0.3) is 0 Å². The monoisotopic (exact) mass is 285 g/mol. The number of carboxylic acid groups (broad SMARTS) is 1. The van der Waals surface area contributed by atoms with Crippen LogP contribution in [-0.4, -0.2) is 84.0 Å². The Labute approximate surface area is 121 Å². The first-order valence-corrected chi connectivity index (χ1v) is 7.51. The number of hydrogen-bond acceptors (Lipinski definition) is 4. The van der Waals surface area contributed by atoms with Crippen LogP contribution in [0.1, 0.15) is 26.7 Å². The highest BCUT2D eigenvalue weighted by Gasteiger charge is 2.18. The van der Waals surface area contributed by atoms with E-state index in [1.165, 1.54) is 0 Å². The van der Waals surface area contributed by atoms with Gasteiger partial charge in [-0.25, -0.2) is 0 Å². The second-order valence-electron chi connectivity index (χ2n) is 5.18. The quantitative estimate of drug-likeness (QED) is 0.696. The topological polar surface area (TPSA) is 64.1 Å². The van der Waals surface area contributed by atoms with Crippen molar-refractivity contribution in [3.05, 3.63) is 0 Å². The lowest BCUT2D eigenvalue weighted by Crippen LogP contribution is -2.48. The van der Waals surface area contributed by atoms with Crippen LogP contribution in [0, 0.1) is 0 Å². The van der Waals surface area contributed by atoms with E-state index in [4.69, 9.17) is 5.11 Å². The zero-order valence-corrected chi connectivity index (χ0v) is 12.7. The lowest BCUT2D eigenvalue weighted by molar-refractivity contribution is -0.138. The molecule has 1 fully saturated rings. The van der Waals surface area contributed by atoms with Crippen molar-refractivity contribution >= 4 is 11.9 Å². The molecule has 0 spiro atoms. The van der Waals surface area contributed by atoms with Gasteiger partial charge in [0.1, 0.15) is 0 Å². The van der Waals surface area contributed by atoms with E-state index in [1.54, 1.807) is 0 Å². The van der Waals surface area contributed by atoms with E-state index in [1.807, 2.05) is 23.6 Å². The van der Waals surface area contributed by atoms with Gasteiger partial charge in [-0.1, -0.05) is 0 Å². The number of piperazine rings is 1. The maximum absolute atomic E-state index is 11.9. The maximum atomic E-state index is 11.9. The Balaban J connectivity index is 2.15. The fourth-order valence-electron chi connectivity index (χ4n) is 2.55. The van der Waals surface area contributed by atoms with Crippen LogP contribution in [-0.2, 0) is 9.59 Å². The molecule has 1 aliphatic rings. The molecule has 6 heteroatoms. The fraction of sp³-hybridized carbons (Fsp3) is 0.857. The molecule has 0 aliphatic carbocycles. The summed E-state index contributed by atoms with van der Waals surface area (Å²) in [4.78, 5) is 28.6. The molecule has 0 bridgehead atoms. The minimum Gasteiger partial charge on any atom is -0.480 e. The summed E-state index contributed by atoms with van der Waals surface area (Å²) in [6.07, 6.45) is 1.49. The van der Waals surface area contributed by atoms with Crippen LogP contribution < -0.4 is 0 Å². The van der Waals surface area contributed by atoms with Crippen molar-refractivity contribution < 1.29 is 14.7 Å². The summed E-state index contributed by atoms with van der Waals surface area (Å²) in [5, 5.41) is 8.74. The fourth-order valence-corrected chi connectivity index (χ4v) is 2.55. The van der Waals surface area contributed by atoms with E-state index in [0.29, 0.717) is 6.42 Å². The Morgan fingerprint density at radius 1 is 1.05 bits per heavy atom. The lowest BCUT2D eigenvalue weighted by Gasteiger charge is -2.33. The molecule has 0 radical (unpaired) electrons. The highest BCUT2D eigenvalue weighted by molar-refractivity contribution is 5.76. The third kappa shape index (κ3) is 5.88. The van der Waals surface area contributed by atoms with E-state index >= 15 is 0 Å². The predicted molar refractivity (Wildman–Crippen MR) is 77.7 cm³/mol. The van der Waals surface area contributed by atoms with Crippen molar-refractivity contribution in [1.82, 2.24) is 14.7 Å². The van der Waals surface area contributed by atoms with E-state index in [-0.39, 0.29) is 12.5 Å². The van der Waals surface area contributed by atoms with Gasteiger partial charge >= 0.3 is 5.97 Å². The molecule has 6 nitrogen and oxygen atoms in total. The van der Waals surface area contributed by atoms with Gasteiger partial charge in [0, 0.05) is 45.7 Å². The first-order chi connectivity index (χ1) is 9.56. The predicted octanol–water partition coefficient (Wildman–Crippen LogP) is 0.337. The molecule has 1 N–H and O–H groups in total. The summed E-state index contributed by atoms with van der Waals surface area (Å²) in [5.41, 5.74) is 0. The van der Waals surface area contributed by atoms with Gasteiger partial charge < -0.3 is 14.9 Å². The number of hydrogen-bond donors (Lipinski definition) is 1. The van der Waals surface area contributed by atoms with Gasteiger partial charge in [-0.2, -0.15) is 0 Å². The lowest BCUT2D eigenvalue weighted by atomic mass is 10.2. The largest absolute Gasteiger partial charge is 0.480 e. The van der Waals surface area contributed by atoms with Crippen molar-refractivity contribution in [2.24, 2.45) is 0 Å². The number of carbonyl (C=O) groups is 2. The summed E-state index contributed by atoms with van der Waals surface area (Å²) in [6.45, 7) is 10.0. The molecule has 1 amide bonds. The van der Waals surface area contributed by atoms with E-state index < -0.39 is 5.97 Å². The number of carboxylic acids is 1. The van der Waals surface area contributed by atoms with E-state index in [9.17, 15) is 9.59 Å². The number of nitrogens with zero attached hydrogens (tertiary/aromatic N) is 3. The Kier molecular flexibility index (Phi) is 7.54. The van der Waals surface area contributed by atoms with Crippen molar-refractivity contribution in [2.75, 3.05) is 52.4 Å². The van der Waals surface area contributed by atoms with E-state index in [0.717, 1.165) is 52.2 Å². The first kappa shape index (κ1) is 16.9. The van der Waals surface area contributed by atoms with Gasteiger partial charge in [-0.3, -0.25) is 14.5 Å². The second-order valence-corrected chi connectivity index (χ2v) is 5.18. The van der Waals surface area contributed by atoms with Gasteiger partial charge in [-0.15, -0.1) is 0 Å². The van der Waals surface area contributed by atoms with Crippen LogP contribution in [0.3, 0.4) is 0 Å². The van der Waals surface area contributed by atoms with Crippen LogP contribution in [0.2, 0.25) is 0 Å². The third-order valence-electron chi connectivity index (χ3n) is 3.80. The molecular weight excluding hydrogens is 258 g/mol. The molecule has 1 rings (SSSR count). The van der Waals surface area contributed by atoms with Crippen LogP contribution in [0.15, 0.2) is 0 Å². The molecule has 0 aromatic heterocycles. The number of amides is 1. The minimum atomic E-state index is -0.761. The first-order valence-electron chi connectivity index (χ1n) is 7.51. The molecular formula is C14H27N3O3. The molecule has 1 aliphatic heterocycles. The average Bonchev–Trinajstić information content (AvgIpc) is 2.41. The van der Waals surface area contributed by atoms with Crippen molar-refractivity contribution in [3.63, 3.8) is 0 Å². The standard InChI is InChI=1S/C14H27N3O3/c1-3-17(4-2)13(18)6-5-7-15-8-10-16(11-9-15)12-14(19)20/h3-12H2,1-2H3,(H,19,20). The van der Waals surface area contributed by atoms with E-state index in [2.05, 4.69) is 4.90 Å². The van der Waals surface area contributed by atoms with Gasteiger partial charge in [0.05, 0.1) is 6.54 Å². The summed E-state index contributed by atoms with van der Waals surface area (Å²) in [6, 6.07) is 0. The SMILES string of the molecule is CCN(CC)C(=O)CCCN1CCN(CC(=O)O)CC1. The Bertz CT molecular complexity index is 311. The van der Waals surface area contributed by atoms with Crippen LogP contribution in [0.25, 0.3) is 0 Å². The summed E-state index contributed by atoms with van der Waals surface area (Å²) in [7, 11) is 0. The van der Waals surface area contributed by atoms with Crippen LogP contribution in [0.4, 0.5) is 0 Å². The van der Waals surface area contributed by atoms with Crippen molar-refractivity contribution in [1.29, 1.82) is 0 Å². The molecule has 1 heterocycles. The minimum absolute atomic E-state index is 0.133. The zero-order valence-electron chi connectivity index (χ0n) is 12.7. The zero-order chi connectivity index (χ0) is 15.0. The molecule has 0 aromatic carbocycles. The summed E-state index contributed by atoms with van der Waals surface area (Å²) in [5.74, 6) is -0.525. The Hall–Kier alpha value is -1.14. The third-order valence-corrected chi connectivity index (χ3v) is 3.80. The molecule has 0 aromatic rings. The summed E-state index contributed by atoms with van der Waals surface area (Å²) >= 11 is 0. The average molecular weight is 285 g/mol.